The molecule has 0 bridgehead atoms. The van der Waals surface area contributed by atoms with Crippen molar-refractivity contribution >= 4 is 5.91 Å². The Kier molecular flexibility index (Phi) is 7.77. The van der Waals surface area contributed by atoms with Crippen LogP contribution in [0.3, 0.4) is 0 Å². The minimum absolute atomic E-state index is 0.00902. The van der Waals surface area contributed by atoms with Gasteiger partial charge in [0.1, 0.15) is 5.72 Å². The van der Waals surface area contributed by atoms with Crippen molar-refractivity contribution in [1.82, 2.24) is 10.2 Å². The number of hydrogen-bond donors (Lipinski definition) is 3. The van der Waals surface area contributed by atoms with Gasteiger partial charge in [-0.25, -0.2) is 0 Å². The second-order valence-electron chi connectivity index (χ2n) is 11.7. The quantitative estimate of drug-likeness (QED) is 0.623. The molecular weight excluding hydrogens is 392 g/mol. The first-order chi connectivity index (χ1) is 14.5. The topological polar surface area (TPSA) is 82.0 Å². The van der Waals surface area contributed by atoms with Crippen molar-refractivity contribution in [3.05, 3.63) is 0 Å². The Balaban J connectivity index is 1.95. The van der Waals surface area contributed by atoms with Gasteiger partial charge in [-0.15, -0.1) is 0 Å². The number of carbonyl (C=O) groups excluding carboxylic acids is 1. The zero-order valence-electron chi connectivity index (χ0n) is 20.3. The average molecular weight is 439 g/mol. The molecule has 3 aliphatic rings. The summed E-state index contributed by atoms with van der Waals surface area (Å²) in [4.78, 5) is 15.9. The lowest BCUT2D eigenvalue weighted by Gasteiger charge is -2.50. The fraction of sp³-hybridized carbons (Fsp3) is 0.960. The summed E-state index contributed by atoms with van der Waals surface area (Å²) in [6, 6.07) is 0. The predicted molar refractivity (Wildman–Crippen MR) is 123 cm³/mol. The third-order valence-electron chi connectivity index (χ3n) is 7.38. The van der Waals surface area contributed by atoms with Crippen LogP contribution in [-0.2, 0) is 9.53 Å². The van der Waals surface area contributed by atoms with E-state index in [0.29, 0.717) is 12.8 Å². The van der Waals surface area contributed by atoms with Gasteiger partial charge in [0.2, 0.25) is 0 Å². The standard InChI is InChI=1S/C25H46N2O4/c1-22(2)18-24(19-23(3,4)26-22)21(30)27(16-20(29)17-28)25(31-24)14-12-10-8-6-5-7-9-11-13-15-25/h20,26,28-29H,5-19H2,1-4H3. The number of nitrogens with one attached hydrogen (secondary N) is 1. The van der Waals surface area contributed by atoms with Gasteiger partial charge in [-0.1, -0.05) is 44.9 Å². The molecule has 2 heterocycles. The number of aliphatic hydroxyl groups excluding tert-OH is 2. The molecule has 3 fully saturated rings. The fourth-order valence-electron chi connectivity index (χ4n) is 6.67. The second-order valence-corrected chi connectivity index (χ2v) is 11.7. The van der Waals surface area contributed by atoms with Crippen molar-refractivity contribution in [3.8, 4) is 0 Å². The van der Waals surface area contributed by atoms with Gasteiger partial charge in [0.05, 0.1) is 19.3 Å². The normalized spacial score (nSPS) is 29.5. The minimum atomic E-state index is -0.941. The monoisotopic (exact) mass is 438 g/mol. The van der Waals surface area contributed by atoms with E-state index in [1.165, 1.54) is 32.1 Å². The maximum atomic E-state index is 14.0. The van der Waals surface area contributed by atoms with Crippen LogP contribution < -0.4 is 5.32 Å². The van der Waals surface area contributed by atoms with Gasteiger partial charge in [-0.2, -0.15) is 0 Å². The van der Waals surface area contributed by atoms with E-state index < -0.39 is 17.4 Å². The summed E-state index contributed by atoms with van der Waals surface area (Å²) < 4.78 is 7.01. The SMILES string of the molecule is CC1(C)CC2(CC(C)(C)N1)OC1(CCCCCCCCCCC1)N(CC(O)CO)C2=O. The van der Waals surface area contributed by atoms with E-state index in [-0.39, 0.29) is 30.1 Å². The molecule has 2 spiro atoms. The summed E-state index contributed by atoms with van der Waals surface area (Å²) in [6.07, 6.45) is 12.7. The number of rotatable bonds is 3. The molecule has 1 aliphatic carbocycles. The van der Waals surface area contributed by atoms with Crippen molar-refractivity contribution in [2.24, 2.45) is 0 Å². The minimum Gasteiger partial charge on any atom is -0.394 e. The largest absolute Gasteiger partial charge is 0.394 e. The van der Waals surface area contributed by atoms with E-state index in [1.54, 1.807) is 0 Å². The maximum Gasteiger partial charge on any atom is 0.257 e. The number of amides is 1. The van der Waals surface area contributed by atoms with Crippen molar-refractivity contribution in [3.63, 3.8) is 0 Å². The molecule has 180 valence electrons. The van der Waals surface area contributed by atoms with Gasteiger partial charge >= 0.3 is 0 Å². The highest BCUT2D eigenvalue weighted by Gasteiger charge is 2.64. The average Bonchev–Trinajstić information content (AvgIpc) is 2.84. The highest BCUT2D eigenvalue weighted by molar-refractivity contribution is 5.88. The van der Waals surface area contributed by atoms with E-state index in [0.717, 1.165) is 38.5 Å². The first-order valence-electron chi connectivity index (χ1n) is 12.6. The summed E-state index contributed by atoms with van der Waals surface area (Å²) >= 11 is 0. The molecule has 1 saturated carbocycles. The Morgan fingerprint density at radius 3 is 1.81 bits per heavy atom. The van der Waals surface area contributed by atoms with Crippen LogP contribution in [0.5, 0.6) is 0 Å². The van der Waals surface area contributed by atoms with Crippen molar-refractivity contribution in [1.29, 1.82) is 0 Å². The molecule has 3 N–H and O–H groups in total. The number of nitrogens with zero attached hydrogens (tertiary/aromatic N) is 1. The summed E-state index contributed by atoms with van der Waals surface area (Å²) in [5.41, 5.74) is -1.99. The Hall–Kier alpha value is -0.690. The molecule has 6 heteroatoms. The third kappa shape index (κ3) is 5.82. The van der Waals surface area contributed by atoms with E-state index in [1.807, 2.05) is 4.90 Å². The van der Waals surface area contributed by atoms with E-state index in [2.05, 4.69) is 33.0 Å². The maximum absolute atomic E-state index is 14.0. The molecule has 1 atom stereocenters. The molecule has 0 aromatic rings. The van der Waals surface area contributed by atoms with Crippen molar-refractivity contribution < 1.29 is 19.7 Å². The predicted octanol–water partition coefficient (Wildman–Crippen LogP) is 3.88. The molecule has 31 heavy (non-hydrogen) atoms. The van der Waals surface area contributed by atoms with Gasteiger partial charge in [0.25, 0.3) is 5.91 Å². The molecule has 3 rings (SSSR count). The molecular formula is C25H46N2O4. The van der Waals surface area contributed by atoms with Crippen LogP contribution in [0.4, 0.5) is 0 Å². The molecule has 1 amide bonds. The highest BCUT2D eigenvalue weighted by atomic mass is 16.6. The van der Waals surface area contributed by atoms with Crippen LogP contribution in [0.2, 0.25) is 0 Å². The number of piperidine rings is 1. The molecule has 0 aromatic heterocycles. The number of aliphatic hydroxyl groups is 2. The lowest BCUT2D eigenvalue weighted by Crippen LogP contribution is -2.65. The Morgan fingerprint density at radius 1 is 0.903 bits per heavy atom. The molecule has 1 unspecified atom stereocenters. The van der Waals surface area contributed by atoms with E-state index in [9.17, 15) is 15.0 Å². The summed E-state index contributed by atoms with van der Waals surface area (Å²) in [6.45, 7) is 8.38. The summed E-state index contributed by atoms with van der Waals surface area (Å²) in [7, 11) is 0. The molecule has 0 aromatic carbocycles. The van der Waals surface area contributed by atoms with Gasteiger partial charge < -0.3 is 25.2 Å². The Bertz CT molecular complexity index is 591. The fourth-order valence-corrected chi connectivity index (χ4v) is 6.67. The first-order valence-corrected chi connectivity index (χ1v) is 12.6. The van der Waals surface area contributed by atoms with E-state index >= 15 is 0 Å². The summed E-state index contributed by atoms with van der Waals surface area (Å²) in [5, 5.41) is 23.6. The van der Waals surface area contributed by atoms with Gasteiger partial charge in [0.15, 0.2) is 5.60 Å². The van der Waals surface area contributed by atoms with Crippen molar-refractivity contribution in [2.45, 2.75) is 140 Å². The molecule has 0 radical (unpaired) electrons. The van der Waals surface area contributed by atoms with Crippen LogP contribution in [-0.4, -0.2) is 62.7 Å². The van der Waals surface area contributed by atoms with Crippen LogP contribution in [0.1, 0.15) is 111 Å². The lowest BCUT2D eigenvalue weighted by atomic mass is 9.72. The Labute approximate surface area is 189 Å². The van der Waals surface area contributed by atoms with Crippen molar-refractivity contribution in [2.75, 3.05) is 13.2 Å². The molecule has 6 nitrogen and oxygen atoms in total. The zero-order valence-corrected chi connectivity index (χ0v) is 20.3. The molecule has 2 saturated heterocycles. The van der Waals surface area contributed by atoms with Gasteiger partial charge in [0, 0.05) is 23.9 Å². The first kappa shape index (κ1) is 24.9. The van der Waals surface area contributed by atoms with Crippen LogP contribution in [0.25, 0.3) is 0 Å². The van der Waals surface area contributed by atoms with Crippen LogP contribution >= 0.6 is 0 Å². The number of hydrogen-bond acceptors (Lipinski definition) is 5. The number of carbonyl (C=O) groups is 1. The summed E-state index contributed by atoms with van der Waals surface area (Å²) in [5.74, 6) is 0.00902. The Morgan fingerprint density at radius 2 is 1.35 bits per heavy atom. The third-order valence-corrected chi connectivity index (χ3v) is 7.38. The van der Waals surface area contributed by atoms with Crippen LogP contribution in [0, 0.1) is 0 Å². The van der Waals surface area contributed by atoms with E-state index in [4.69, 9.17) is 4.74 Å². The number of ether oxygens (including phenoxy) is 1. The smallest absolute Gasteiger partial charge is 0.257 e. The van der Waals surface area contributed by atoms with Crippen LogP contribution in [0.15, 0.2) is 0 Å². The van der Waals surface area contributed by atoms with Gasteiger partial charge in [-0.05, 0) is 53.4 Å². The lowest BCUT2D eigenvalue weighted by molar-refractivity contribution is -0.179. The highest BCUT2D eigenvalue weighted by Crippen LogP contribution is 2.50. The second kappa shape index (κ2) is 9.66. The zero-order chi connectivity index (χ0) is 22.8. The molecule has 2 aliphatic heterocycles. The number of β-amino-alcohol motifs (C(OH)–C–C–N with tert-alkyl or cyclic N) is 1. The van der Waals surface area contributed by atoms with Gasteiger partial charge in [-0.3, -0.25) is 4.79 Å².